The molecule has 1 aromatic heterocycles. The summed E-state index contributed by atoms with van der Waals surface area (Å²) in [5.41, 5.74) is 0.705. The SMILES string of the molecule is COc1ccc2nccc(OC[C@@H]3CC[C@@H](NC(=O)/C=C/c4cc(F)ccc4F)[C@@H](C[C@@H](O)CO)O3)c2c1. The van der Waals surface area contributed by atoms with E-state index in [1.807, 2.05) is 18.2 Å². The zero-order valence-corrected chi connectivity index (χ0v) is 20.8. The van der Waals surface area contributed by atoms with Gasteiger partial charge in [0.15, 0.2) is 0 Å². The average molecular weight is 529 g/mol. The predicted molar refractivity (Wildman–Crippen MR) is 137 cm³/mol. The number of hydrogen-bond acceptors (Lipinski definition) is 7. The normalized spacial score (nSPS) is 20.4. The number of carbonyl (C=O) groups is 1. The molecule has 2 aromatic carbocycles. The Hall–Kier alpha value is -3.60. The number of fused-ring (bicyclic) bond motifs is 1. The molecule has 2 heterocycles. The second kappa shape index (κ2) is 12.8. The first-order valence-corrected chi connectivity index (χ1v) is 12.3. The van der Waals surface area contributed by atoms with Crippen LogP contribution in [0.1, 0.15) is 24.8 Å². The highest BCUT2D eigenvalue weighted by Gasteiger charge is 2.33. The number of aliphatic hydroxyl groups excluding tert-OH is 2. The van der Waals surface area contributed by atoms with Crippen molar-refractivity contribution < 1.29 is 38.0 Å². The van der Waals surface area contributed by atoms with Gasteiger partial charge in [-0.2, -0.15) is 0 Å². The van der Waals surface area contributed by atoms with Gasteiger partial charge < -0.3 is 29.7 Å². The first-order valence-electron chi connectivity index (χ1n) is 12.3. The molecule has 3 N–H and O–H groups in total. The number of benzene rings is 2. The molecule has 0 spiro atoms. The van der Waals surface area contributed by atoms with Crippen molar-refractivity contribution in [1.82, 2.24) is 10.3 Å². The van der Waals surface area contributed by atoms with Crippen LogP contribution < -0.4 is 14.8 Å². The minimum atomic E-state index is -1.03. The number of halogens is 2. The number of aliphatic hydroxyl groups is 2. The molecular weight excluding hydrogens is 498 g/mol. The van der Waals surface area contributed by atoms with Gasteiger partial charge in [-0.05, 0) is 61.4 Å². The van der Waals surface area contributed by atoms with Gasteiger partial charge in [0, 0.05) is 29.6 Å². The number of hydrogen-bond donors (Lipinski definition) is 3. The van der Waals surface area contributed by atoms with E-state index in [0.717, 1.165) is 35.2 Å². The van der Waals surface area contributed by atoms with E-state index < -0.39 is 42.4 Å². The van der Waals surface area contributed by atoms with Crippen molar-refractivity contribution in [2.75, 3.05) is 20.3 Å². The molecular formula is C28H30F2N2O6. The lowest BCUT2D eigenvalue weighted by Gasteiger charge is -2.37. The number of nitrogens with one attached hydrogen (secondary N) is 1. The van der Waals surface area contributed by atoms with E-state index in [9.17, 15) is 23.8 Å². The van der Waals surface area contributed by atoms with Crippen LogP contribution in [-0.4, -0.2) is 65.8 Å². The maximum Gasteiger partial charge on any atom is 0.244 e. The van der Waals surface area contributed by atoms with Crippen molar-refractivity contribution in [3.63, 3.8) is 0 Å². The number of pyridine rings is 1. The summed E-state index contributed by atoms with van der Waals surface area (Å²) in [5, 5.41) is 23.0. The van der Waals surface area contributed by atoms with Crippen molar-refractivity contribution >= 4 is 22.9 Å². The summed E-state index contributed by atoms with van der Waals surface area (Å²) in [6.45, 7) is -0.229. The molecule has 0 radical (unpaired) electrons. The Morgan fingerprint density at radius 3 is 2.87 bits per heavy atom. The van der Waals surface area contributed by atoms with Crippen LogP contribution in [0.15, 0.2) is 54.7 Å². The van der Waals surface area contributed by atoms with Gasteiger partial charge in [-0.15, -0.1) is 0 Å². The minimum Gasteiger partial charge on any atom is -0.497 e. The Bertz CT molecular complexity index is 1290. The third-order valence-corrected chi connectivity index (χ3v) is 6.36. The Kier molecular flexibility index (Phi) is 9.22. The zero-order valence-electron chi connectivity index (χ0n) is 20.8. The van der Waals surface area contributed by atoms with Crippen molar-refractivity contribution in [2.45, 2.75) is 43.6 Å². The van der Waals surface area contributed by atoms with Crippen LogP contribution in [0.2, 0.25) is 0 Å². The molecule has 10 heteroatoms. The summed E-state index contributed by atoms with van der Waals surface area (Å²) in [4.78, 5) is 16.9. The van der Waals surface area contributed by atoms with Crippen LogP contribution in [0.5, 0.6) is 11.5 Å². The van der Waals surface area contributed by atoms with E-state index in [1.165, 1.54) is 6.08 Å². The third kappa shape index (κ3) is 7.03. The molecule has 1 amide bonds. The summed E-state index contributed by atoms with van der Waals surface area (Å²) < 4.78 is 44.8. The molecule has 4 atom stereocenters. The molecule has 0 aliphatic carbocycles. The Labute approximate surface area is 218 Å². The first kappa shape index (κ1) is 27.4. The summed E-state index contributed by atoms with van der Waals surface area (Å²) in [6.07, 6.45) is 3.18. The fourth-order valence-corrected chi connectivity index (χ4v) is 4.39. The van der Waals surface area contributed by atoms with Crippen LogP contribution in [0.4, 0.5) is 8.78 Å². The highest BCUT2D eigenvalue weighted by atomic mass is 19.1. The zero-order chi connectivity index (χ0) is 27.1. The lowest BCUT2D eigenvalue weighted by atomic mass is 9.94. The van der Waals surface area contributed by atoms with E-state index >= 15 is 0 Å². The molecule has 38 heavy (non-hydrogen) atoms. The van der Waals surface area contributed by atoms with Crippen LogP contribution in [0.3, 0.4) is 0 Å². The van der Waals surface area contributed by atoms with E-state index in [2.05, 4.69) is 10.3 Å². The minimum absolute atomic E-state index is 0.0502. The van der Waals surface area contributed by atoms with Gasteiger partial charge in [-0.1, -0.05) is 0 Å². The second-order valence-electron chi connectivity index (χ2n) is 9.06. The fourth-order valence-electron chi connectivity index (χ4n) is 4.39. The van der Waals surface area contributed by atoms with E-state index in [-0.39, 0.29) is 24.7 Å². The van der Waals surface area contributed by atoms with Crippen LogP contribution in [0.25, 0.3) is 17.0 Å². The van der Waals surface area contributed by atoms with Gasteiger partial charge in [0.2, 0.25) is 5.91 Å². The van der Waals surface area contributed by atoms with Crippen LogP contribution in [0, 0.1) is 11.6 Å². The smallest absolute Gasteiger partial charge is 0.244 e. The number of nitrogens with zero attached hydrogens (tertiary/aromatic N) is 1. The molecule has 1 fully saturated rings. The number of amides is 1. The predicted octanol–water partition coefficient (Wildman–Crippen LogP) is 3.39. The van der Waals surface area contributed by atoms with Gasteiger partial charge in [-0.25, -0.2) is 8.78 Å². The van der Waals surface area contributed by atoms with Crippen molar-refractivity contribution in [2.24, 2.45) is 0 Å². The number of aromatic nitrogens is 1. The Balaban J connectivity index is 1.40. The van der Waals surface area contributed by atoms with Gasteiger partial charge in [0.1, 0.15) is 29.7 Å². The molecule has 4 rings (SSSR count). The standard InChI is InChI=1S/C28H30F2N2O6/c1-36-20-4-7-24-22(14-20)26(10-11-31-24)37-16-21-5-8-25(27(38-21)13-19(34)15-33)32-28(35)9-2-17-12-18(29)3-6-23(17)30/h2-4,6-7,9-12,14,19,21,25,27,33-34H,5,8,13,15-16H2,1H3,(H,32,35)/b9-2+/t19-,21+,25-,27-/m1/s1. The lowest BCUT2D eigenvalue weighted by molar-refractivity contribution is -0.126. The molecule has 3 aromatic rings. The Morgan fingerprint density at radius 1 is 1.24 bits per heavy atom. The second-order valence-corrected chi connectivity index (χ2v) is 9.06. The number of ether oxygens (including phenoxy) is 3. The van der Waals surface area contributed by atoms with Crippen molar-refractivity contribution in [3.05, 3.63) is 71.9 Å². The maximum atomic E-state index is 13.8. The van der Waals surface area contributed by atoms with Gasteiger partial charge >= 0.3 is 0 Å². The molecule has 1 saturated heterocycles. The number of carbonyl (C=O) groups excluding carboxylic acids is 1. The molecule has 8 nitrogen and oxygen atoms in total. The van der Waals surface area contributed by atoms with E-state index in [4.69, 9.17) is 14.2 Å². The highest BCUT2D eigenvalue weighted by Crippen LogP contribution is 2.29. The monoisotopic (exact) mass is 528 g/mol. The molecule has 1 aliphatic rings. The summed E-state index contributed by atoms with van der Waals surface area (Å²) in [6, 6.07) is 9.78. The van der Waals surface area contributed by atoms with E-state index in [1.54, 1.807) is 19.4 Å². The highest BCUT2D eigenvalue weighted by molar-refractivity contribution is 5.92. The molecule has 0 bridgehead atoms. The van der Waals surface area contributed by atoms with Crippen LogP contribution in [-0.2, 0) is 9.53 Å². The topological polar surface area (TPSA) is 110 Å². The molecule has 0 saturated carbocycles. The van der Waals surface area contributed by atoms with Crippen molar-refractivity contribution in [3.8, 4) is 11.5 Å². The third-order valence-electron chi connectivity index (χ3n) is 6.36. The lowest BCUT2D eigenvalue weighted by Crippen LogP contribution is -2.51. The first-order chi connectivity index (χ1) is 18.4. The Morgan fingerprint density at radius 2 is 2.08 bits per heavy atom. The average Bonchev–Trinajstić information content (AvgIpc) is 2.93. The van der Waals surface area contributed by atoms with Crippen molar-refractivity contribution in [1.29, 1.82) is 0 Å². The summed E-state index contributed by atoms with van der Waals surface area (Å²) in [5.74, 6) is -0.483. The maximum absolute atomic E-state index is 13.8. The van der Waals surface area contributed by atoms with E-state index in [0.29, 0.717) is 24.3 Å². The van der Waals surface area contributed by atoms with Gasteiger partial charge in [0.05, 0.1) is 43.6 Å². The van der Waals surface area contributed by atoms with Crippen LogP contribution >= 0.6 is 0 Å². The molecule has 0 unspecified atom stereocenters. The fraction of sp³-hybridized carbons (Fsp3) is 0.357. The molecule has 202 valence electrons. The van der Waals surface area contributed by atoms with Gasteiger partial charge in [-0.3, -0.25) is 9.78 Å². The quantitative estimate of drug-likeness (QED) is 0.346. The largest absolute Gasteiger partial charge is 0.497 e. The van der Waals surface area contributed by atoms with Gasteiger partial charge in [0.25, 0.3) is 0 Å². The summed E-state index contributed by atoms with van der Waals surface area (Å²) in [7, 11) is 1.58. The number of rotatable bonds is 10. The molecule has 1 aliphatic heterocycles. The summed E-state index contributed by atoms with van der Waals surface area (Å²) >= 11 is 0. The number of methoxy groups -OCH3 is 1.